The van der Waals surface area contributed by atoms with Crippen LogP contribution >= 0.6 is 0 Å². The summed E-state index contributed by atoms with van der Waals surface area (Å²) in [6.07, 6.45) is 13.2. The number of fused-ring (bicyclic) bond motifs is 6. The number of pyridine rings is 1. The predicted octanol–water partition coefficient (Wildman–Crippen LogP) is 5.42. The highest BCUT2D eigenvalue weighted by Gasteiger charge is 2.61. The Morgan fingerprint density at radius 3 is 2.60 bits per heavy atom. The van der Waals surface area contributed by atoms with Gasteiger partial charge in [-0.25, -0.2) is 4.98 Å². The molecule has 3 aliphatic carbocycles. The third kappa shape index (κ3) is 4.80. The van der Waals surface area contributed by atoms with Gasteiger partial charge in [-0.1, -0.05) is 37.1 Å². The van der Waals surface area contributed by atoms with Crippen LogP contribution in [0.2, 0.25) is 0 Å². The minimum absolute atomic E-state index is 0.0373. The zero-order valence-electron chi connectivity index (χ0n) is 28.2. The van der Waals surface area contributed by atoms with E-state index in [0.717, 1.165) is 60.9 Å². The molecular formula is C40H46N4O4. The van der Waals surface area contributed by atoms with Crippen molar-refractivity contribution in [1.82, 2.24) is 14.8 Å². The molecule has 0 radical (unpaired) electrons. The monoisotopic (exact) mass is 646 g/mol. The lowest BCUT2D eigenvalue weighted by Gasteiger charge is -2.52. The number of terminal acetylenes is 1. The molecule has 1 N–H and O–H groups in total. The molecule has 2 aliphatic heterocycles. The van der Waals surface area contributed by atoms with Crippen LogP contribution in [0.3, 0.4) is 0 Å². The fourth-order valence-electron chi connectivity index (χ4n) is 10.2. The van der Waals surface area contributed by atoms with Crippen LogP contribution in [-0.2, 0) is 11.2 Å². The number of rotatable bonds is 4. The molecule has 48 heavy (non-hydrogen) atoms. The number of para-hydroxylation sites is 1. The number of piperazine rings is 1. The summed E-state index contributed by atoms with van der Waals surface area (Å²) in [6.45, 7) is 5.42. The highest BCUT2D eigenvalue weighted by molar-refractivity contribution is 5.98. The van der Waals surface area contributed by atoms with E-state index >= 15 is 0 Å². The number of benzene rings is 2. The van der Waals surface area contributed by atoms with Gasteiger partial charge in [0, 0.05) is 43.5 Å². The smallest absolute Gasteiger partial charge is 0.273 e. The highest BCUT2D eigenvalue weighted by atomic mass is 16.5. The molecule has 250 valence electrons. The quantitative estimate of drug-likeness (QED) is 0.382. The van der Waals surface area contributed by atoms with Gasteiger partial charge < -0.3 is 24.5 Å². The van der Waals surface area contributed by atoms with Crippen LogP contribution in [-0.4, -0.2) is 83.2 Å². The lowest BCUT2D eigenvalue weighted by Crippen LogP contribution is -2.54. The lowest BCUT2D eigenvalue weighted by molar-refractivity contribution is -0.135. The number of aryl methyl sites for hydroxylation is 1. The van der Waals surface area contributed by atoms with E-state index in [-0.39, 0.29) is 17.2 Å². The summed E-state index contributed by atoms with van der Waals surface area (Å²) < 4.78 is 5.97. The average molecular weight is 647 g/mol. The van der Waals surface area contributed by atoms with Crippen LogP contribution < -0.4 is 9.64 Å². The first-order valence-electron chi connectivity index (χ1n) is 17.9. The Hall–Kier alpha value is -4.09. The maximum atomic E-state index is 13.9. The molecule has 0 bridgehead atoms. The van der Waals surface area contributed by atoms with E-state index in [1.54, 1.807) is 18.1 Å². The third-order valence-electron chi connectivity index (χ3n) is 13.0. The van der Waals surface area contributed by atoms with Crippen LogP contribution in [0.25, 0.3) is 10.9 Å². The van der Waals surface area contributed by atoms with Crippen LogP contribution in [0.1, 0.15) is 79.4 Å². The Morgan fingerprint density at radius 2 is 1.81 bits per heavy atom. The first-order chi connectivity index (χ1) is 23.2. The molecule has 8 heteroatoms. The Morgan fingerprint density at radius 1 is 1.00 bits per heavy atom. The Kier molecular flexibility index (Phi) is 7.67. The molecule has 8 rings (SSSR count). The summed E-state index contributed by atoms with van der Waals surface area (Å²) in [5.74, 6) is 4.98. The van der Waals surface area contributed by atoms with Crippen molar-refractivity contribution in [2.75, 3.05) is 44.7 Å². The largest absolute Gasteiger partial charge is 0.495 e. The van der Waals surface area contributed by atoms with Crippen molar-refractivity contribution >= 4 is 28.4 Å². The number of aromatic nitrogens is 1. The van der Waals surface area contributed by atoms with Crippen LogP contribution in [0, 0.1) is 29.6 Å². The van der Waals surface area contributed by atoms with Gasteiger partial charge in [0.25, 0.3) is 5.91 Å². The van der Waals surface area contributed by atoms with E-state index in [1.165, 1.54) is 11.1 Å². The summed E-state index contributed by atoms with van der Waals surface area (Å²) in [5.41, 5.74) is 3.87. The number of carbonyl (C=O) groups excluding carboxylic acids is 2. The molecule has 4 fully saturated rings. The number of aliphatic hydroxyl groups is 1. The van der Waals surface area contributed by atoms with Crippen molar-refractivity contribution in [2.45, 2.75) is 75.9 Å². The molecule has 1 aromatic heterocycles. The van der Waals surface area contributed by atoms with Gasteiger partial charge in [-0.3, -0.25) is 9.59 Å². The van der Waals surface area contributed by atoms with Gasteiger partial charge in [0.1, 0.15) is 23.1 Å². The second-order valence-corrected chi connectivity index (χ2v) is 15.0. The molecule has 2 amide bonds. The minimum Gasteiger partial charge on any atom is -0.495 e. The third-order valence-corrected chi connectivity index (χ3v) is 13.0. The Bertz CT molecular complexity index is 1810. The second kappa shape index (κ2) is 11.8. The number of ether oxygens (including phenoxy) is 1. The van der Waals surface area contributed by atoms with Gasteiger partial charge in [-0.2, -0.15) is 0 Å². The average Bonchev–Trinajstić information content (AvgIpc) is 3.73. The number of hydrogen-bond acceptors (Lipinski definition) is 6. The standard InChI is InChI=1S/C40H46N4O4/c1-4-40(47)18-16-31-29-13-11-27-24-36(48-3)35(25-30(27)28(29)15-17-39(31,40)2)42-20-22-43(23-21-42)38(46)34-10-7-19-44(34)37(45)33-14-12-26-8-5-6-9-32(26)41-33/h1,5-6,8-9,12,14,24-25,28-29,31,34,47H,7,10-11,13,15-23H2,2-3H3/t28-,29+,31-,34-,39-,40-/m0/s1. The van der Waals surface area contributed by atoms with Gasteiger partial charge in [-0.15, -0.1) is 6.42 Å². The van der Waals surface area contributed by atoms with Crippen molar-refractivity contribution in [1.29, 1.82) is 0 Å². The summed E-state index contributed by atoms with van der Waals surface area (Å²) >= 11 is 0. The number of nitrogens with zero attached hydrogens (tertiary/aromatic N) is 4. The molecular weight excluding hydrogens is 600 g/mol. The van der Waals surface area contributed by atoms with Crippen LogP contribution in [0.4, 0.5) is 5.69 Å². The molecule has 0 unspecified atom stereocenters. The van der Waals surface area contributed by atoms with Crippen molar-refractivity contribution in [3.05, 3.63) is 65.4 Å². The maximum absolute atomic E-state index is 13.9. The maximum Gasteiger partial charge on any atom is 0.273 e. The zero-order chi connectivity index (χ0) is 33.2. The number of likely N-dealkylation sites (tertiary alicyclic amines) is 1. The predicted molar refractivity (Wildman–Crippen MR) is 186 cm³/mol. The van der Waals surface area contributed by atoms with Gasteiger partial charge >= 0.3 is 0 Å². The highest BCUT2D eigenvalue weighted by Crippen LogP contribution is 2.64. The second-order valence-electron chi connectivity index (χ2n) is 15.0. The summed E-state index contributed by atoms with van der Waals surface area (Å²) in [4.78, 5) is 38.1. The number of anilines is 1. The van der Waals surface area contributed by atoms with Gasteiger partial charge in [0.05, 0.1) is 18.3 Å². The fraction of sp³-hybridized carbons (Fsp3) is 0.525. The van der Waals surface area contributed by atoms with Gasteiger partial charge in [0.15, 0.2) is 0 Å². The van der Waals surface area contributed by atoms with Gasteiger partial charge in [-0.05, 0) is 105 Å². The van der Waals surface area contributed by atoms with E-state index in [2.05, 4.69) is 34.9 Å². The first-order valence-corrected chi connectivity index (χ1v) is 17.9. The van der Waals surface area contributed by atoms with Crippen LogP contribution in [0.5, 0.6) is 5.75 Å². The number of amides is 2. The van der Waals surface area contributed by atoms with E-state index in [9.17, 15) is 14.7 Å². The van der Waals surface area contributed by atoms with E-state index in [4.69, 9.17) is 11.2 Å². The molecule has 2 saturated carbocycles. The molecule has 8 nitrogen and oxygen atoms in total. The van der Waals surface area contributed by atoms with Crippen LogP contribution in [0.15, 0.2) is 48.5 Å². The molecule has 2 aromatic carbocycles. The number of hydrogen-bond donors (Lipinski definition) is 1. The topological polar surface area (TPSA) is 86.2 Å². The van der Waals surface area contributed by atoms with Crippen molar-refractivity contribution in [3.63, 3.8) is 0 Å². The van der Waals surface area contributed by atoms with Crippen molar-refractivity contribution in [2.24, 2.45) is 17.3 Å². The normalized spacial score (nSPS) is 31.2. The number of carbonyl (C=O) groups is 2. The lowest BCUT2D eigenvalue weighted by atomic mass is 9.53. The molecule has 3 heterocycles. The van der Waals surface area contributed by atoms with Crippen molar-refractivity contribution < 1.29 is 19.4 Å². The molecule has 2 saturated heterocycles. The molecule has 6 atom stereocenters. The molecule has 5 aliphatic rings. The van der Waals surface area contributed by atoms with E-state index in [1.807, 2.05) is 35.2 Å². The van der Waals surface area contributed by atoms with Crippen molar-refractivity contribution in [3.8, 4) is 18.1 Å². The zero-order valence-corrected chi connectivity index (χ0v) is 28.2. The first kappa shape index (κ1) is 31.2. The minimum atomic E-state index is -0.999. The number of methoxy groups -OCH3 is 1. The Balaban J connectivity index is 0.970. The summed E-state index contributed by atoms with van der Waals surface area (Å²) in [7, 11) is 1.75. The van der Waals surface area contributed by atoms with E-state index in [0.29, 0.717) is 69.0 Å². The van der Waals surface area contributed by atoms with E-state index < -0.39 is 11.6 Å². The summed E-state index contributed by atoms with van der Waals surface area (Å²) in [5, 5.41) is 12.4. The summed E-state index contributed by atoms with van der Waals surface area (Å²) in [6, 6.07) is 15.6. The SMILES string of the molecule is C#C[C@]1(O)CC[C@H]2[C@@H]3CCc4cc(OC)c(N5CCN(C(=O)[C@@H]6CCCN6C(=O)c6ccc7ccccc7n6)CC5)cc4[C@H]3CC[C@@]21C. The molecule has 3 aromatic rings. The Labute approximate surface area is 283 Å². The van der Waals surface area contributed by atoms with Gasteiger partial charge in [0.2, 0.25) is 5.91 Å². The molecule has 0 spiro atoms. The fourth-order valence-corrected chi connectivity index (χ4v) is 10.2.